The van der Waals surface area contributed by atoms with Crippen LogP contribution in [0.25, 0.3) is 11.0 Å². The van der Waals surface area contributed by atoms with Crippen LogP contribution in [-0.4, -0.2) is 29.8 Å². The predicted octanol–water partition coefficient (Wildman–Crippen LogP) is 3.58. The van der Waals surface area contributed by atoms with Gasteiger partial charge in [-0.05, 0) is 30.5 Å². The van der Waals surface area contributed by atoms with Gasteiger partial charge in [-0.15, -0.1) is 11.8 Å². The molecule has 0 radical (unpaired) electrons. The third-order valence-electron chi connectivity index (χ3n) is 3.72. The molecule has 26 heavy (non-hydrogen) atoms. The van der Waals surface area contributed by atoms with Gasteiger partial charge in [0.25, 0.3) is 5.91 Å². The first kappa shape index (κ1) is 17.9. The Morgan fingerprint density at radius 2 is 2.04 bits per heavy atom. The van der Waals surface area contributed by atoms with Crippen LogP contribution in [0.5, 0.6) is 5.75 Å². The van der Waals surface area contributed by atoms with Crippen molar-refractivity contribution >= 4 is 40.3 Å². The molecule has 1 heterocycles. The van der Waals surface area contributed by atoms with E-state index in [2.05, 4.69) is 5.32 Å². The Hall–Kier alpha value is -2.93. The van der Waals surface area contributed by atoms with E-state index in [1.807, 2.05) is 24.5 Å². The smallest absolute Gasteiger partial charge is 0.310 e. The Labute approximate surface area is 154 Å². The van der Waals surface area contributed by atoms with Gasteiger partial charge < -0.3 is 19.6 Å². The fourth-order valence-electron chi connectivity index (χ4n) is 2.50. The number of phenolic OH excluding ortho intramolecular Hbond substituents is 1. The summed E-state index contributed by atoms with van der Waals surface area (Å²) in [5.41, 5.74) is 1.80. The second-order valence-corrected chi connectivity index (χ2v) is 6.38. The number of ether oxygens (including phenoxy) is 1. The number of carbonyl (C=O) groups excluding carboxylic acids is 2. The van der Waals surface area contributed by atoms with Gasteiger partial charge in [0.1, 0.15) is 11.3 Å². The Morgan fingerprint density at radius 1 is 1.23 bits per heavy atom. The van der Waals surface area contributed by atoms with Crippen molar-refractivity contribution in [3.05, 3.63) is 54.3 Å². The topological polar surface area (TPSA) is 88.8 Å². The average molecular weight is 371 g/mol. The molecule has 2 N–H and O–H groups in total. The summed E-state index contributed by atoms with van der Waals surface area (Å²) in [5.74, 6) is -0.848. The molecule has 0 aliphatic carbocycles. The summed E-state index contributed by atoms with van der Waals surface area (Å²) in [7, 11) is 0. The molecule has 2 aromatic carbocycles. The molecule has 3 aromatic rings. The first-order valence-electron chi connectivity index (χ1n) is 7.84. The number of esters is 1. The Kier molecular flexibility index (Phi) is 5.48. The molecule has 0 atom stereocenters. The molecule has 7 heteroatoms. The zero-order valence-corrected chi connectivity index (χ0v) is 14.8. The summed E-state index contributed by atoms with van der Waals surface area (Å²) in [6.45, 7) is -0.363. The van der Waals surface area contributed by atoms with Gasteiger partial charge in [-0.1, -0.05) is 12.1 Å². The van der Waals surface area contributed by atoms with Crippen molar-refractivity contribution in [3.8, 4) is 5.75 Å². The maximum Gasteiger partial charge on any atom is 0.310 e. The number of hydrogen-bond acceptors (Lipinski definition) is 6. The van der Waals surface area contributed by atoms with E-state index in [0.29, 0.717) is 16.8 Å². The van der Waals surface area contributed by atoms with Crippen LogP contribution in [0.4, 0.5) is 5.69 Å². The van der Waals surface area contributed by atoms with E-state index < -0.39 is 11.9 Å². The number of para-hydroxylation sites is 1. The molecule has 0 unspecified atom stereocenters. The summed E-state index contributed by atoms with van der Waals surface area (Å²) in [6, 6.07) is 12.1. The molecular formula is C19H17NO5S. The number of aromatic hydroxyl groups is 1. The second kappa shape index (κ2) is 7.97. The number of rotatable bonds is 6. The van der Waals surface area contributed by atoms with E-state index in [9.17, 15) is 14.7 Å². The highest BCUT2D eigenvalue weighted by atomic mass is 32.2. The fraction of sp³-hybridized carbons (Fsp3) is 0.158. The molecule has 6 nitrogen and oxygen atoms in total. The summed E-state index contributed by atoms with van der Waals surface area (Å²) in [5, 5.41) is 12.9. The van der Waals surface area contributed by atoms with Gasteiger partial charge in [-0.25, -0.2) is 0 Å². The van der Waals surface area contributed by atoms with Crippen LogP contribution < -0.4 is 5.32 Å². The van der Waals surface area contributed by atoms with E-state index in [1.54, 1.807) is 12.1 Å². The molecule has 1 amide bonds. The SMILES string of the molecule is CSc1ccccc1NC(=O)COC(=O)Cc1coc2cc(O)ccc12. The number of fused-ring (bicyclic) bond motifs is 1. The number of hydrogen-bond donors (Lipinski definition) is 2. The van der Waals surface area contributed by atoms with Crippen molar-refractivity contribution in [3.63, 3.8) is 0 Å². The van der Waals surface area contributed by atoms with E-state index in [0.717, 1.165) is 10.3 Å². The number of benzene rings is 2. The van der Waals surface area contributed by atoms with Crippen LogP contribution in [0, 0.1) is 0 Å². The van der Waals surface area contributed by atoms with Crippen LogP contribution in [0.15, 0.2) is 58.0 Å². The maximum absolute atomic E-state index is 12.0. The average Bonchev–Trinajstić information content (AvgIpc) is 3.02. The van der Waals surface area contributed by atoms with Crippen LogP contribution in [0.1, 0.15) is 5.56 Å². The number of furan rings is 1. The minimum Gasteiger partial charge on any atom is -0.508 e. The number of carbonyl (C=O) groups is 2. The van der Waals surface area contributed by atoms with Crippen molar-refractivity contribution in [2.24, 2.45) is 0 Å². The molecule has 0 bridgehead atoms. The van der Waals surface area contributed by atoms with Crippen LogP contribution >= 0.6 is 11.8 Å². The van der Waals surface area contributed by atoms with E-state index in [4.69, 9.17) is 9.15 Å². The van der Waals surface area contributed by atoms with Gasteiger partial charge in [0.2, 0.25) is 0 Å². The van der Waals surface area contributed by atoms with E-state index in [-0.39, 0.29) is 18.8 Å². The highest BCUT2D eigenvalue weighted by Crippen LogP contribution is 2.26. The highest BCUT2D eigenvalue weighted by Gasteiger charge is 2.14. The lowest BCUT2D eigenvalue weighted by molar-refractivity contribution is -0.146. The minimum atomic E-state index is -0.533. The molecule has 134 valence electrons. The third kappa shape index (κ3) is 4.18. The molecule has 0 saturated heterocycles. The molecule has 0 aliphatic heterocycles. The lowest BCUT2D eigenvalue weighted by Gasteiger charge is -2.09. The van der Waals surface area contributed by atoms with Gasteiger partial charge in [0, 0.05) is 21.9 Å². The van der Waals surface area contributed by atoms with E-state index >= 15 is 0 Å². The standard InChI is InChI=1S/C19H17NO5S/c1-26-17-5-3-2-4-15(17)20-18(22)11-25-19(23)8-12-10-24-16-9-13(21)6-7-14(12)16/h2-7,9-10,21H,8,11H2,1H3,(H,20,22). The second-order valence-electron chi connectivity index (χ2n) is 5.53. The number of phenols is 1. The zero-order valence-electron chi connectivity index (χ0n) is 14.0. The Bertz CT molecular complexity index is 950. The quantitative estimate of drug-likeness (QED) is 0.509. The summed E-state index contributed by atoms with van der Waals surface area (Å²) in [4.78, 5) is 24.9. The number of anilines is 1. The van der Waals surface area contributed by atoms with E-state index in [1.165, 1.54) is 30.2 Å². The van der Waals surface area contributed by atoms with Gasteiger partial charge >= 0.3 is 5.97 Å². The molecule has 3 rings (SSSR count). The highest BCUT2D eigenvalue weighted by molar-refractivity contribution is 7.98. The van der Waals surface area contributed by atoms with Gasteiger partial charge in [-0.3, -0.25) is 9.59 Å². The molecule has 0 spiro atoms. The molecular weight excluding hydrogens is 354 g/mol. The lowest BCUT2D eigenvalue weighted by atomic mass is 10.1. The van der Waals surface area contributed by atoms with Crippen LogP contribution in [0.2, 0.25) is 0 Å². The lowest BCUT2D eigenvalue weighted by Crippen LogP contribution is -2.21. The van der Waals surface area contributed by atoms with Gasteiger partial charge in [-0.2, -0.15) is 0 Å². The Balaban J connectivity index is 1.55. The molecule has 0 saturated carbocycles. The number of amides is 1. The van der Waals surface area contributed by atoms with Crippen LogP contribution in [0.3, 0.4) is 0 Å². The monoisotopic (exact) mass is 371 g/mol. The normalized spacial score (nSPS) is 10.7. The fourth-order valence-corrected chi connectivity index (χ4v) is 3.05. The first-order valence-corrected chi connectivity index (χ1v) is 9.07. The summed E-state index contributed by atoms with van der Waals surface area (Å²) in [6.07, 6.45) is 3.34. The van der Waals surface area contributed by atoms with Gasteiger partial charge in [0.15, 0.2) is 6.61 Å². The van der Waals surface area contributed by atoms with Crippen molar-refractivity contribution in [1.29, 1.82) is 0 Å². The molecule has 1 aromatic heterocycles. The zero-order chi connectivity index (χ0) is 18.5. The number of nitrogens with one attached hydrogen (secondary N) is 1. The third-order valence-corrected chi connectivity index (χ3v) is 4.52. The maximum atomic E-state index is 12.0. The summed E-state index contributed by atoms with van der Waals surface area (Å²) < 4.78 is 10.4. The molecule has 0 aliphatic rings. The Morgan fingerprint density at radius 3 is 2.85 bits per heavy atom. The van der Waals surface area contributed by atoms with Crippen molar-refractivity contribution in [2.45, 2.75) is 11.3 Å². The van der Waals surface area contributed by atoms with Gasteiger partial charge in [0.05, 0.1) is 18.4 Å². The van der Waals surface area contributed by atoms with Crippen molar-refractivity contribution < 1.29 is 23.8 Å². The molecule has 0 fully saturated rings. The predicted molar refractivity (Wildman–Crippen MR) is 99.4 cm³/mol. The minimum absolute atomic E-state index is 0.0214. The summed E-state index contributed by atoms with van der Waals surface area (Å²) >= 11 is 1.52. The first-order chi connectivity index (χ1) is 12.6. The number of thioether (sulfide) groups is 1. The van der Waals surface area contributed by atoms with Crippen LogP contribution in [-0.2, 0) is 20.7 Å². The van der Waals surface area contributed by atoms with Crippen molar-refractivity contribution in [1.82, 2.24) is 0 Å². The van der Waals surface area contributed by atoms with Crippen molar-refractivity contribution in [2.75, 3.05) is 18.2 Å². The largest absolute Gasteiger partial charge is 0.508 e.